The van der Waals surface area contributed by atoms with Crippen molar-refractivity contribution in [2.24, 2.45) is 0 Å². The highest BCUT2D eigenvalue weighted by molar-refractivity contribution is 4.82. The van der Waals surface area contributed by atoms with Gasteiger partial charge in [-0.3, -0.25) is 0 Å². The van der Waals surface area contributed by atoms with Gasteiger partial charge in [0.05, 0.1) is 0 Å². The third-order valence-electron chi connectivity index (χ3n) is 1.55. The first-order valence-electron chi connectivity index (χ1n) is 3.84. The monoisotopic (exact) mass is 162 g/mol. The van der Waals surface area contributed by atoms with Gasteiger partial charge >= 0.3 is 0 Å². The highest BCUT2D eigenvalue weighted by atomic mass is 16.3. The van der Waals surface area contributed by atoms with E-state index in [9.17, 15) is 0 Å². The molecule has 0 unspecified atom stereocenters. The third-order valence-corrected chi connectivity index (χ3v) is 1.55. The van der Waals surface area contributed by atoms with Crippen LogP contribution in [0.2, 0.25) is 0 Å². The lowest BCUT2D eigenvalue weighted by Gasteiger charge is -2.06. The minimum absolute atomic E-state index is 0. The van der Waals surface area contributed by atoms with Crippen LogP contribution in [0.3, 0.4) is 0 Å². The van der Waals surface area contributed by atoms with Crippen LogP contribution in [-0.2, 0) is 0 Å². The van der Waals surface area contributed by atoms with E-state index in [1.54, 1.807) is 0 Å². The normalized spacial score (nSPS) is 9.82. The van der Waals surface area contributed by atoms with Crippen molar-refractivity contribution in [3.63, 3.8) is 0 Å². The summed E-state index contributed by atoms with van der Waals surface area (Å²) in [4.78, 5) is 0. The van der Waals surface area contributed by atoms with Crippen molar-refractivity contribution in [2.75, 3.05) is 13.2 Å². The zero-order valence-electron chi connectivity index (χ0n) is 7.34. The second-order valence-electron chi connectivity index (χ2n) is 2.61. The largest absolute Gasteiger partial charge is 0.396 e. The number of rotatable bonds is 6. The zero-order valence-corrected chi connectivity index (χ0v) is 7.34. The van der Waals surface area contributed by atoms with E-state index in [1.807, 2.05) is 6.92 Å². The molecule has 0 aromatic carbocycles. The quantitative estimate of drug-likeness (QED) is 0.515. The van der Waals surface area contributed by atoms with Crippen molar-refractivity contribution in [3.05, 3.63) is 5.92 Å². The van der Waals surface area contributed by atoms with Gasteiger partial charge in [-0.15, -0.1) is 0 Å². The molecular formula is C8H20NO2. The second-order valence-corrected chi connectivity index (χ2v) is 2.61. The van der Waals surface area contributed by atoms with Crippen LogP contribution < -0.4 is 6.15 Å². The molecule has 0 bridgehead atoms. The summed E-state index contributed by atoms with van der Waals surface area (Å²) < 4.78 is 0. The molecular weight excluding hydrogens is 142 g/mol. The lowest BCUT2D eigenvalue weighted by molar-refractivity contribution is 0.277. The molecule has 0 fully saturated rings. The number of hydrogen-bond donors (Lipinski definition) is 3. The number of unbranched alkanes of at least 4 members (excludes halogenated alkanes) is 1. The minimum atomic E-state index is 0. The Morgan fingerprint density at radius 2 is 1.64 bits per heavy atom. The molecule has 0 aromatic heterocycles. The smallest absolute Gasteiger partial charge is 0.0436 e. The van der Waals surface area contributed by atoms with Crippen molar-refractivity contribution in [3.8, 4) is 0 Å². The van der Waals surface area contributed by atoms with Gasteiger partial charge in [0.1, 0.15) is 0 Å². The van der Waals surface area contributed by atoms with Gasteiger partial charge in [0, 0.05) is 13.2 Å². The number of aliphatic hydroxyl groups is 2. The number of aliphatic hydroxyl groups excluding tert-OH is 2. The summed E-state index contributed by atoms with van der Waals surface area (Å²) in [5.74, 6) is 1.33. The average Bonchev–Trinajstić information content (AvgIpc) is 1.89. The van der Waals surface area contributed by atoms with E-state index in [2.05, 4.69) is 0 Å². The van der Waals surface area contributed by atoms with E-state index >= 15 is 0 Å². The summed E-state index contributed by atoms with van der Waals surface area (Å²) >= 11 is 0. The average molecular weight is 162 g/mol. The maximum absolute atomic E-state index is 8.52. The van der Waals surface area contributed by atoms with Crippen LogP contribution in [0.1, 0.15) is 32.6 Å². The van der Waals surface area contributed by atoms with Gasteiger partial charge in [-0.2, -0.15) is 0 Å². The van der Waals surface area contributed by atoms with Gasteiger partial charge in [0.15, 0.2) is 0 Å². The van der Waals surface area contributed by atoms with Gasteiger partial charge in [-0.05, 0) is 25.2 Å². The van der Waals surface area contributed by atoms with Crippen molar-refractivity contribution in [1.29, 1.82) is 0 Å². The lowest BCUT2D eigenvalue weighted by Crippen LogP contribution is -1.96. The van der Waals surface area contributed by atoms with Gasteiger partial charge in [-0.25, -0.2) is 0 Å². The Kier molecular flexibility index (Phi) is 12.1. The fourth-order valence-electron chi connectivity index (χ4n) is 0.854. The van der Waals surface area contributed by atoms with E-state index < -0.39 is 0 Å². The maximum atomic E-state index is 8.52. The first-order chi connectivity index (χ1) is 4.81. The Bertz CT molecular complexity index is 69.1. The SMILES string of the molecule is C[C](CCO)CCCCO.N. The van der Waals surface area contributed by atoms with E-state index in [-0.39, 0.29) is 19.4 Å². The lowest BCUT2D eigenvalue weighted by atomic mass is 10.0. The van der Waals surface area contributed by atoms with Crippen molar-refractivity contribution >= 4 is 0 Å². The Balaban J connectivity index is 0. The molecule has 0 aliphatic rings. The summed E-state index contributed by atoms with van der Waals surface area (Å²) in [5, 5.41) is 17.0. The highest BCUT2D eigenvalue weighted by Crippen LogP contribution is 2.12. The fraction of sp³-hybridized carbons (Fsp3) is 0.875. The first kappa shape index (κ1) is 13.5. The summed E-state index contributed by atoms with van der Waals surface area (Å²) in [5.41, 5.74) is 0. The van der Waals surface area contributed by atoms with Crippen LogP contribution >= 0.6 is 0 Å². The molecule has 0 saturated heterocycles. The molecule has 0 spiro atoms. The Labute approximate surface area is 69.0 Å². The highest BCUT2D eigenvalue weighted by Gasteiger charge is 1.99. The second kappa shape index (κ2) is 9.88. The van der Waals surface area contributed by atoms with E-state index in [1.165, 1.54) is 5.92 Å². The van der Waals surface area contributed by atoms with Crippen LogP contribution in [0.5, 0.6) is 0 Å². The maximum Gasteiger partial charge on any atom is 0.0436 e. The Morgan fingerprint density at radius 3 is 2.09 bits per heavy atom. The molecule has 0 aliphatic heterocycles. The van der Waals surface area contributed by atoms with Crippen LogP contribution in [0.15, 0.2) is 0 Å². The van der Waals surface area contributed by atoms with Crippen LogP contribution in [0.25, 0.3) is 0 Å². The van der Waals surface area contributed by atoms with Gasteiger partial charge < -0.3 is 16.4 Å². The van der Waals surface area contributed by atoms with Gasteiger partial charge in [-0.1, -0.05) is 13.3 Å². The number of hydrogen-bond acceptors (Lipinski definition) is 3. The summed E-state index contributed by atoms with van der Waals surface area (Å²) in [6, 6.07) is 0. The van der Waals surface area contributed by atoms with Crippen molar-refractivity contribution in [1.82, 2.24) is 6.15 Å². The summed E-state index contributed by atoms with van der Waals surface area (Å²) in [7, 11) is 0. The van der Waals surface area contributed by atoms with Crippen LogP contribution in [0.4, 0.5) is 0 Å². The molecule has 0 aliphatic carbocycles. The van der Waals surface area contributed by atoms with E-state index in [0.717, 1.165) is 25.7 Å². The summed E-state index contributed by atoms with van der Waals surface area (Å²) in [6.45, 7) is 2.59. The van der Waals surface area contributed by atoms with E-state index in [0.29, 0.717) is 0 Å². The van der Waals surface area contributed by atoms with Crippen LogP contribution in [-0.4, -0.2) is 23.4 Å². The third kappa shape index (κ3) is 9.88. The van der Waals surface area contributed by atoms with Crippen LogP contribution in [0, 0.1) is 5.92 Å². The van der Waals surface area contributed by atoms with Crippen molar-refractivity contribution < 1.29 is 10.2 Å². The molecule has 0 saturated carbocycles. The molecule has 0 aromatic rings. The Morgan fingerprint density at radius 1 is 1.00 bits per heavy atom. The molecule has 0 heterocycles. The summed E-state index contributed by atoms with van der Waals surface area (Å²) in [6.07, 6.45) is 3.78. The first-order valence-corrected chi connectivity index (χ1v) is 3.84. The fourth-order valence-corrected chi connectivity index (χ4v) is 0.854. The Hall–Kier alpha value is -0.120. The standard InChI is InChI=1S/C8H17O2.H3N/c1-8(5-7-10)4-2-3-6-9;/h9-10H,2-7H2,1H3;1H3. The minimum Gasteiger partial charge on any atom is -0.396 e. The molecule has 0 atom stereocenters. The molecule has 11 heavy (non-hydrogen) atoms. The molecule has 5 N–H and O–H groups in total. The predicted octanol–water partition coefficient (Wildman–Crippen LogP) is 1.29. The molecule has 69 valence electrons. The molecule has 3 heteroatoms. The van der Waals surface area contributed by atoms with Gasteiger partial charge in [0.2, 0.25) is 0 Å². The van der Waals surface area contributed by atoms with Crippen molar-refractivity contribution in [2.45, 2.75) is 32.6 Å². The van der Waals surface area contributed by atoms with E-state index in [4.69, 9.17) is 10.2 Å². The molecule has 0 rings (SSSR count). The topological polar surface area (TPSA) is 75.5 Å². The zero-order chi connectivity index (χ0) is 7.82. The predicted molar refractivity (Wildman–Crippen MR) is 46.6 cm³/mol. The van der Waals surface area contributed by atoms with Gasteiger partial charge in [0.25, 0.3) is 0 Å². The molecule has 0 amide bonds. The molecule has 3 nitrogen and oxygen atoms in total. The molecule has 1 radical (unpaired) electrons.